The molecule has 8 heteroatoms. The van der Waals surface area contributed by atoms with Crippen molar-refractivity contribution >= 4 is 33.5 Å². The van der Waals surface area contributed by atoms with Gasteiger partial charge in [-0.1, -0.05) is 43.2 Å². The third-order valence-corrected chi connectivity index (χ3v) is 6.19. The highest BCUT2D eigenvalue weighted by atomic mass is 32.1. The van der Waals surface area contributed by atoms with Crippen molar-refractivity contribution in [3.63, 3.8) is 0 Å². The molecule has 7 nitrogen and oxygen atoms in total. The van der Waals surface area contributed by atoms with Crippen LogP contribution >= 0.6 is 11.3 Å². The minimum atomic E-state index is -0.544. The molecule has 1 fully saturated rings. The SMILES string of the molecule is Cc1sc2ncn(CC(=O)NC(=O)NC3CCCC3)c(=O)c2c1-c1ccccc1. The minimum absolute atomic E-state index is 0.116. The maximum atomic E-state index is 13.1. The first-order chi connectivity index (χ1) is 14.0. The second-order valence-electron chi connectivity index (χ2n) is 7.26. The predicted molar refractivity (Wildman–Crippen MR) is 113 cm³/mol. The lowest BCUT2D eigenvalue weighted by molar-refractivity contribution is -0.120. The van der Waals surface area contributed by atoms with E-state index in [0.717, 1.165) is 41.7 Å². The van der Waals surface area contributed by atoms with E-state index in [9.17, 15) is 14.4 Å². The highest BCUT2D eigenvalue weighted by Gasteiger charge is 2.20. The summed E-state index contributed by atoms with van der Waals surface area (Å²) >= 11 is 1.45. The smallest absolute Gasteiger partial charge is 0.321 e. The minimum Gasteiger partial charge on any atom is -0.335 e. The number of benzene rings is 1. The summed E-state index contributed by atoms with van der Waals surface area (Å²) in [6.45, 7) is 1.70. The topological polar surface area (TPSA) is 93.1 Å². The molecule has 1 aliphatic carbocycles. The first kappa shape index (κ1) is 19.3. The van der Waals surface area contributed by atoms with E-state index in [0.29, 0.717) is 10.2 Å². The fourth-order valence-corrected chi connectivity index (χ4v) is 4.82. The van der Waals surface area contributed by atoms with Gasteiger partial charge in [0.25, 0.3) is 5.56 Å². The van der Waals surface area contributed by atoms with Crippen molar-refractivity contribution in [1.29, 1.82) is 0 Å². The van der Waals surface area contributed by atoms with Crippen LogP contribution in [0, 0.1) is 6.92 Å². The van der Waals surface area contributed by atoms with Gasteiger partial charge in [-0.3, -0.25) is 19.5 Å². The number of nitrogens with zero attached hydrogens (tertiary/aromatic N) is 2. The van der Waals surface area contributed by atoms with Gasteiger partial charge in [-0.05, 0) is 25.3 Å². The summed E-state index contributed by atoms with van der Waals surface area (Å²) in [6, 6.07) is 9.26. The van der Waals surface area contributed by atoms with Crippen LogP contribution in [0.15, 0.2) is 41.5 Å². The summed E-state index contributed by atoms with van der Waals surface area (Å²) < 4.78 is 1.25. The van der Waals surface area contributed by atoms with Gasteiger partial charge in [0.2, 0.25) is 5.91 Å². The van der Waals surface area contributed by atoms with E-state index in [4.69, 9.17) is 0 Å². The fourth-order valence-electron chi connectivity index (χ4n) is 3.82. The van der Waals surface area contributed by atoms with Gasteiger partial charge in [0.1, 0.15) is 11.4 Å². The zero-order chi connectivity index (χ0) is 20.4. The molecule has 0 bridgehead atoms. The Morgan fingerprint density at radius 3 is 2.66 bits per heavy atom. The van der Waals surface area contributed by atoms with Gasteiger partial charge < -0.3 is 5.32 Å². The third-order valence-electron chi connectivity index (χ3n) is 5.17. The standard InChI is InChI=1S/C21H22N4O3S/c1-13-17(14-7-3-2-4-8-14)18-19(29-13)22-12-25(20(18)27)11-16(26)24-21(28)23-15-9-5-6-10-15/h2-4,7-8,12,15H,5-6,9-11H2,1H3,(H2,23,24,26,28). The molecule has 0 atom stereocenters. The lowest BCUT2D eigenvalue weighted by Gasteiger charge is -2.12. The molecule has 1 aliphatic rings. The maximum absolute atomic E-state index is 13.1. The molecule has 0 saturated heterocycles. The molecule has 150 valence electrons. The average Bonchev–Trinajstić information content (AvgIpc) is 3.32. The molecule has 2 aromatic heterocycles. The monoisotopic (exact) mass is 410 g/mol. The van der Waals surface area contributed by atoms with E-state index in [1.165, 1.54) is 22.2 Å². The molecular weight excluding hydrogens is 388 g/mol. The van der Waals surface area contributed by atoms with E-state index >= 15 is 0 Å². The summed E-state index contributed by atoms with van der Waals surface area (Å²) in [6.07, 6.45) is 5.40. The van der Waals surface area contributed by atoms with Crippen molar-refractivity contribution < 1.29 is 9.59 Å². The van der Waals surface area contributed by atoms with Crippen molar-refractivity contribution in [2.75, 3.05) is 0 Å². The number of hydrogen-bond acceptors (Lipinski definition) is 5. The Kier molecular flexibility index (Phi) is 5.44. The molecule has 0 spiro atoms. The molecule has 3 aromatic rings. The van der Waals surface area contributed by atoms with Crippen LogP contribution in [0.3, 0.4) is 0 Å². The number of urea groups is 1. The Bertz CT molecular complexity index is 1110. The molecule has 1 saturated carbocycles. The average molecular weight is 410 g/mol. The van der Waals surface area contributed by atoms with Gasteiger partial charge in [0, 0.05) is 16.5 Å². The van der Waals surface area contributed by atoms with Crippen molar-refractivity contribution in [3.05, 3.63) is 51.9 Å². The summed E-state index contributed by atoms with van der Waals surface area (Å²) in [5.41, 5.74) is 1.50. The van der Waals surface area contributed by atoms with Gasteiger partial charge in [-0.2, -0.15) is 0 Å². The van der Waals surface area contributed by atoms with Crippen LogP contribution in [0.2, 0.25) is 0 Å². The fraction of sp³-hybridized carbons (Fsp3) is 0.333. The Morgan fingerprint density at radius 2 is 1.93 bits per heavy atom. The summed E-state index contributed by atoms with van der Waals surface area (Å²) in [5, 5.41) is 5.61. The van der Waals surface area contributed by atoms with E-state index in [-0.39, 0.29) is 18.1 Å². The van der Waals surface area contributed by atoms with Gasteiger partial charge in [0.05, 0.1) is 11.7 Å². The van der Waals surface area contributed by atoms with Crippen LogP contribution in [0.1, 0.15) is 30.6 Å². The molecule has 0 aliphatic heterocycles. The zero-order valence-electron chi connectivity index (χ0n) is 16.1. The van der Waals surface area contributed by atoms with Crippen LogP contribution in [-0.2, 0) is 11.3 Å². The van der Waals surface area contributed by atoms with Crippen LogP contribution < -0.4 is 16.2 Å². The van der Waals surface area contributed by atoms with Gasteiger partial charge >= 0.3 is 6.03 Å². The number of amides is 3. The number of aryl methyl sites for hydroxylation is 1. The van der Waals surface area contributed by atoms with Crippen LogP contribution in [0.4, 0.5) is 4.79 Å². The maximum Gasteiger partial charge on any atom is 0.321 e. The Hall–Kier alpha value is -3.00. The van der Waals surface area contributed by atoms with Crippen molar-refractivity contribution in [2.45, 2.75) is 45.2 Å². The molecule has 0 unspecified atom stereocenters. The second-order valence-corrected chi connectivity index (χ2v) is 8.46. The number of rotatable bonds is 4. The van der Waals surface area contributed by atoms with Gasteiger partial charge in [0.15, 0.2) is 0 Å². The Labute approximate surface area is 171 Å². The lowest BCUT2D eigenvalue weighted by atomic mass is 10.0. The van der Waals surface area contributed by atoms with E-state index in [1.807, 2.05) is 37.3 Å². The normalized spacial score (nSPS) is 14.2. The zero-order valence-corrected chi connectivity index (χ0v) is 16.9. The number of aromatic nitrogens is 2. The largest absolute Gasteiger partial charge is 0.335 e. The molecule has 4 rings (SSSR count). The van der Waals surface area contributed by atoms with Gasteiger partial charge in [-0.15, -0.1) is 11.3 Å². The molecule has 29 heavy (non-hydrogen) atoms. The Morgan fingerprint density at radius 1 is 1.21 bits per heavy atom. The highest BCUT2D eigenvalue weighted by molar-refractivity contribution is 7.19. The first-order valence-corrected chi connectivity index (χ1v) is 10.5. The molecule has 3 amide bonds. The number of thiophene rings is 1. The van der Waals surface area contributed by atoms with Gasteiger partial charge in [-0.25, -0.2) is 9.78 Å². The highest BCUT2D eigenvalue weighted by Crippen LogP contribution is 2.35. The summed E-state index contributed by atoms with van der Waals surface area (Å²) in [4.78, 5) is 43.4. The molecule has 2 N–H and O–H groups in total. The van der Waals surface area contributed by atoms with Crippen LogP contribution in [0.5, 0.6) is 0 Å². The molecule has 2 heterocycles. The third kappa shape index (κ3) is 4.07. The number of imide groups is 1. The van der Waals surface area contributed by atoms with Crippen molar-refractivity contribution in [1.82, 2.24) is 20.2 Å². The lowest BCUT2D eigenvalue weighted by Crippen LogP contribution is -2.45. The molecule has 0 radical (unpaired) electrons. The number of fused-ring (bicyclic) bond motifs is 1. The van der Waals surface area contributed by atoms with E-state index in [2.05, 4.69) is 15.6 Å². The number of nitrogens with one attached hydrogen (secondary N) is 2. The van der Waals surface area contributed by atoms with E-state index in [1.54, 1.807) is 0 Å². The molecular formula is C21H22N4O3S. The van der Waals surface area contributed by atoms with Crippen molar-refractivity contribution in [3.8, 4) is 11.1 Å². The van der Waals surface area contributed by atoms with E-state index < -0.39 is 11.9 Å². The van der Waals surface area contributed by atoms with Crippen molar-refractivity contribution in [2.24, 2.45) is 0 Å². The summed E-state index contributed by atoms with van der Waals surface area (Å²) in [5.74, 6) is -0.544. The summed E-state index contributed by atoms with van der Waals surface area (Å²) in [7, 11) is 0. The second kappa shape index (κ2) is 8.16. The molecule has 1 aromatic carbocycles. The first-order valence-electron chi connectivity index (χ1n) is 9.67. The quantitative estimate of drug-likeness (QED) is 0.691. The predicted octanol–water partition coefficient (Wildman–Crippen LogP) is 3.20. The number of carbonyl (C=O) groups excluding carboxylic acids is 2. The number of carbonyl (C=O) groups is 2. The number of hydrogen-bond donors (Lipinski definition) is 2. The Balaban J connectivity index is 1.57. The van der Waals surface area contributed by atoms with Crippen LogP contribution in [0.25, 0.3) is 21.3 Å². The van der Waals surface area contributed by atoms with Crippen LogP contribution in [-0.4, -0.2) is 27.5 Å².